The molecule has 0 bridgehead atoms. The molecular formula is C17H15BrN2O5S. The fraction of sp³-hybridized carbons (Fsp3) is 0.235. The van der Waals surface area contributed by atoms with Crippen LogP contribution in [0.25, 0.3) is 6.08 Å². The zero-order valence-corrected chi connectivity index (χ0v) is 15.9. The minimum absolute atomic E-state index is 0.366. The van der Waals surface area contributed by atoms with Gasteiger partial charge in [-0.2, -0.15) is 0 Å². The number of amides is 2. The second-order valence-corrected chi connectivity index (χ2v) is 7.44. The van der Waals surface area contributed by atoms with Crippen LogP contribution in [0, 0.1) is 0 Å². The highest BCUT2D eigenvalue weighted by Crippen LogP contribution is 2.38. The van der Waals surface area contributed by atoms with E-state index in [0.717, 1.165) is 35.8 Å². The van der Waals surface area contributed by atoms with Crippen LogP contribution in [0.1, 0.15) is 33.0 Å². The zero-order valence-electron chi connectivity index (χ0n) is 13.5. The van der Waals surface area contributed by atoms with Crippen molar-refractivity contribution in [3.8, 4) is 0 Å². The van der Waals surface area contributed by atoms with Crippen LogP contribution in [0.2, 0.25) is 0 Å². The monoisotopic (exact) mass is 438 g/mol. The second-order valence-electron chi connectivity index (χ2n) is 5.56. The number of esters is 1. The smallest absolute Gasteiger partial charge is 0.331 e. The zero-order chi connectivity index (χ0) is 18.7. The van der Waals surface area contributed by atoms with Crippen molar-refractivity contribution in [2.24, 2.45) is 5.73 Å². The lowest BCUT2D eigenvalue weighted by molar-refractivity contribution is -0.142. The Morgan fingerprint density at radius 3 is 2.85 bits per heavy atom. The van der Waals surface area contributed by atoms with Crippen LogP contribution in [-0.2, 0) is 27.2 Å². The number of primary amides is 1. The highest BCUT2D eigenvalue weighted by Gasteiger charge is 2.26. The Morgan fingerprint density at radius 2 is 2.15 bits per heavy atom. The molecule has 2 aromatic rings. The number of carbonyl (C=O) groups is 3. The van der Waals surface area contributed by atoms with Crippen molar-refractivity contribution in [2.75, 3.05) is 11.9 Å². The highest BCUT2D eigenvalue weighted by molar-refractivity contribution is 9.10. The van der Waals surface area contributed by atoms with Crippen LogP contribution < -0.4 is 11.1 Å². The molecule has 0 saturated carbocycles. The quantitative estimate of drug-likeness (QED) is 0.531. The van der Waals surface area contributed by atoms with Crippen LogP contribution in [0.5, 0.6) is 0 Å². The number of anilines is 1. The molecule has 0 atom stereocenters. The molecule has 3 rings (SSSR count). The minimum Gasteiger partial charge on any atom is -0.452 e. The summed E-state index contributed by atoms with van der Waals surface area (Å²) in [7, 11) is 0. The third-order valence-electron chi connectivity index (χ3n) is 3.74. The maximum absolute atomic E-state index is 12.0. The molecule has 0 aliphatic heterocycles. The van der Waals surface area contributed by atoms with Gasteiger partial charge in [0.2, 0.25) is 0 Å². The van der Waals surface area contributed by atoms with Crippen molar-refractivity contribution >= 4 is 56.1 Å². The van der Waals surface area contributed by atoms with Crippen molar-refractivity contribution in [2.45, 2.75) is 19.3 Å². The molecule has 2 aromatic heterocycles. The summed E-state index contributed by atoms with van der Waals surface area (Å²) >= 11 is 4.50. The number of hydrogen-bond donors (Lipinski definition) is 2. The minimum atomic E-state index is -0.684. The van der Waals surface area contributed by atoms with E-state index in [-0.39, 0.29) is 0 Å². The fourth-order valence-electron chi connectivity index (χ4n) is 2.67. The fourth-order valence-corrected chi connectivity index (χ4v) is 4.30. The molecule has 2 amide bonds. The normalized spacial score (nSPS) is 13.0. The van der Waals surface area contributed by atoms with E-state index in [9.17, 15) is 14.4 Å². The van der Waals surface area contributed by atoms with Crippen LogP contribution in [0.15, 0.2) is 27.3 Å². The van der Waals surface area contributed by atoms with Gasteiger partial charge >= 0.3 is 5.97 Å². The van der Waals surface area contributed by atoms with Crippen LogP contribution >= 0.6 is 27.3 Å². The molecule has 0 radical (unpaired) electrons. The van der Waals surface area contributed by atoms with Gasteiger partial charge in [0.05, 0.1) is 5.56 Å². The average Bonchev–Trinajstić information content (AvgIpc) is 3.26. The molecule has 0 aromatic carbocycles. The van der Waals surface area contributed by atoms with Gasteiger partial charge in [-0.1, -0.05) is 0 Å². The number of carbonyl (C=O) groups excluding carboxylic acids is 3. The molecular weight excluding hydrogens is 424 g/mol. The summed E-state index contributed by atoms with van der Waals surface area (Å²) in [6.45, 7) is -0.466. The number of furan rings is 1. The topological polar surface area (TPSA) is 112 Å². The van der Waals surface area contributed by atoms with Crippen molar-refractivity contribution in [1.29, 1.82) is 0 Å². The first-order chi connectivity index (χ1) is 12.4. The van der Waals surface area contributed by atoms with E-state index in [4.69, 9.17) is 14.9 Å². The molecule has 136 valence electrons. The van der Waals surface area contributed by atoms with Gasteiger partial charge < -0.3 is 20.2 Å². The number of halogens is 1. The first-order valence-corrected chi connectivity index (χ1v) is 9.39. The molecule has 0 fully saturated rings. The number of nitrogens with one attached hydrogen (secondary N) is 1. The van der Waals surface area contributed by atoms with Crippen molar-refractivity contribution in [3.05, 3.63) is 44.6 Å². The van der Waals surface area contributed by atoms with E-state index in [2.05, 4.69) is 21.2 Å². The Labute approximate surface area is 161 Å². The Bertz CT molecular complexity index is 899. The SMILES string of the molecule is NC(=O)c1c(NC(=O)COC(=O)/C=C/c2ccc(Br)o2)sc2c1CCC2. The van der Waals surface area contributed by atoms with Crippen LogP contribution in [0.4, 0.5) is 5.00 Å². The molecule has 1 aliphatic rings. The van der Waals surface area contributed by atoms with E-state index in [1.807, 2.05) is 0 Å². The van der Waals surface area contributed by atoms with Crippen LogP contribution in [0.3, 0.4) is 0 Å². The molecule has 26 heavy (non-hydrogen) atoms. The number of rotatable bonds is 6. The summed E-state index contributed by atoms with van der Waals surface area (Å²) in [6.07, 6.45) is 5.22. The molecule has 3 N–H and O–H groups in total. The van der Waals surface area contributed by atoms with Crippen molar-refractivity contribution < 1.29 is 23.5 Å². The summed E-state index contributed by atoms with van der Waals surface area (Å²) in [6, 6.07) is 3.36. The van der Waals surface area contributed by atoms with E-state index in [1.165, 1.54) is 17.4 Å². The number of fused-ring (bicyclic) bond motifs is 1. The summed E-state index contributed by atoms with van der Waals surface area (Å²) in [5.41, 5.74) is 6.72. The number of nitrogens with two attached hydrogens (primary N) is 1. The molecule has 1 aliphatic carbocycles. The van der Waals surface area contributed by atoms with Crippen LogP contribution in [-0.4, -0.2) is 24.4 Å². The Balaban J connectivity index is 1.55. The van der Waals surface area contributed by atoms with E-state index in [1.54, 1.807) is 12.1 Å². The lowest BCUT2D eigenvalue weighted by Gasteiger charge is -2.06. The lowest BCUT2D eigenvalue weighted by atomic mass is 10.1. The first-order valence-electron chi connectivity index (χ1n) is 7.78. The van der Waals surface area contributed by atoms with Crippen molar-refractivity contribution in [3.63, 3.8) is 0 Å². The van der Waals surface area contributed by atoms with Gasteiger partial charge in [-0.15, -0.1) is 11.3 Å². The van der Waals surface area contributed by atoms with E-state index in [0.29, 0.717) is 21.0 Å². The summed E-state index contributed by atoms with van der Waals surface area (Å²) in [5.74, 6) is -1.31. The van der Waals surface area contributed by atoms with Gasteiger partial charge in [0.15, 0.2) is 11.3 Å². The van der Waals surface area contributed by atoms with Gasteiger partial charge in [-0.25, -0.2) is 4.79 Å². The number of aryl methyl sites for hydroxylation is 1. The number of thiophene rings is 1. The van der Waals surface area contributed by atoms with Crippen molar-refractivity contribution in [1.82, 2.24) is 0 Å². The number of hydrogen-bond acceptors (Lipinski definition) is 6. The van der Waals surface area contributed by atoms with E-state index < -0.39 is 24.4 Å². The predicted octanol–water partition coefficient (Wildman–Crippen LogP) is 2.89. The third kappa shape index (κ3) is 4.23. The Morgan fingerprint density at radius 1 is 1.35 bits per heavy atom. The third-order valence-corrected chi connectivity index (χ3v) is 5.38. The highest BCUT2D eigenvalue weighted by atomic mass is 79.9. The second kappa shape index (κ2) is 7.88. The maximum atomic E-state index is 12.0. The van der Waals surface area contributed by atoms with Gasteiger partial charge in [0.25, 0.3) is 11.8 Å². The Kier molecular flexibility index (Phi) is 5.58. The molecule has 0 saturated heterocycles. The van der Waals surface area contributed by atoms with Gasteiger partial charge in [0, 0.05) is 11.0 Å². The number of ether oxygens (including phenoxy) is 1. The standard InChI is InChI=1S/C17H15BrN2O5S/c18-12-6-4-9(25-12)5-7-14(22)24-8-13(21)20-17-15(16(19)23)10-2-1-3-11(10)26-17/h4-7H,1-3,8H2,(H2,19,23)(H,20,21)/b7-5+. The van der Waals surface area contributed by atoms with Gasteiger partial charge in [-0.3, -0.25) is 9.59 Å². The summed E-state index contributed by atoms with van der Waals surface area (Å²) in [4.78, 5) is 36.4. The predicted molar refractivity (Wildman–Crippen MR) is 99.9 cm³/mol. The molecule has 9 heteroatoms. The Hall–Kier alpha value is -2.39. The maximum Gasteiger partial charge on any atom is 0.331 e. The largest absolute Gasteiger partial charge is 0.452 e. The van der Waals surface area contributed by atoms with Gasteiger partial charge in [-0.05, 0) is 59.0 Å². The summed E-state index contributed by atoms with van der Waals surface area (Å²) in [5, 5.41) is 3.02. The average molecular weight is 439 g/mol. The van der Waals surface area contributed by atoms with E-state index >= 15 is 0 Å². The van der Waals surface area contributed by atoms with Gasteiger partial charge in [0.1, 0.15) is 10.8 Å². The molecule has 0 spiro atoms. The lowest BCUT2D eigenvalue weighted by Crippen LogP contribution is -2.22. The molecule has 7 nitrogen and oxygen atoms in total. The molecule has 0 unspecified atom stereocenters. The summed E-state index contributed by atoms with van der Waals surface area (Å²) < 4.78 is 10.6. The first kappa shape index (κ1) is 18.4. The molecule has 2 heterocycles.